The lowest BCUT2D eigenvalue weighted by Gasteiger charge is -2.12. The molecule has 5 aromatic rings. The normalized spacial score (nSPS) is 11.5. The van der Waals surface area contributed by atoms with E-state index in [0.717, 1.165) is 34.1 Å². The van der Waals surface area contributed by atoms with Crippen molar-refractivity contribution in [2.24, 2.45) is 0 Å². The highest BCUT2D eigenvalue weighted by atomic mass is 19.1. The van der Waals surface area contributed by atoms with Crippen molar-refractivity contribution >= 4 is 22.1 Å². The first-order valence-corrected chi connectivity index (χ1v) is 10.6. The third-order valence-electron chi connectivity index (χ3n) is 5.71. The van der Waals surface area contributed by atoms with Crippen LogP contribution in [0, 0.1) is 5.82 Å². The summed E-state index contributed by atoms with van der Waals surface area (Å²) < 4.78 is 29.6. The molecule has 3 aromatic heterocycles. The van der Waals surface area contributed by atoms with Crippen LogP contribution in [-0.4, -0.2) is 50.4 Å². The van der Waals surface area contributed by atoms with E-state index in [-0.39, 0.29) is 5.82 Å². The van der Waals surface area contributed by atoms with Gasteiger partial charge in [-0.1, -0.05) is 6.07 Å². The molecule has 168 valence electrons. The summed E-state index contributed by atoms with van der Waals surface area (Å²) >= 11 is 0. The van der Waals surface area contributed by atoms with E-state index in [1.54, 1.807) is 38.9 Å². The number of rotatable bonds is 7. The van der Waals surface area contributed by atoms with Crippen LogP contribution < -0.4 is 4.74 Å². The Labute approximate surface area is 189 Å². The first kappa shape index (κ1) is 21.0. The molecule has 0 unspecified atom stereocenters. The summed E-state index contributed by atoms with van der Waals surface area (Å²) in [5, 5.41) is 13.8. The zero-order valence-corrected chi connectivity index (χ0v) is 18.6. The highest BCUT2D eigenvalue weighted by Gasteiger charge is 2.17. The number of aryl methyl sites for hydroxylation is 1. The zero-order valence-electron chi connectivity index (χ0n) is 18.6. The molecule has 9 heteroatoms. The molecule has 0 bridgehead atoms. The summed E-state index contributed by atoms with van der Waals surface area (Å²) in [4.78, 5) is 4.51. The van der Waals surface area contributed by atoms with Crippen LogP contribution >= 0.6 is 0 Å². The van der Waals surface area contributed by atoms with Crippen molar-refractivity contribution in [2.75, 3.05) is 20.8 Å². The highest BCUT2D eigenvalue weighted by Crippen LogP contribution is 2.38. The summed E-state index contributed by atoms with van der Waals surface area (Å²) in [7, 11) is 3.22. The number of imidazole rings is 1. The van der Waals surface area contributed by atoms with Crippen LogP contribution in [-0.2, 0) is 17.8 Å². The maximum atomic E-state index is 15.1. The fourth-order valence-electron chi connectivity index (χ4n) is 4.00. The monoisotopic (exact) mass is 446 g/mol. The Bertz CT molecular complexity index is 1460. The van der Waals surface area contributed by atoms with Crippen LogP contribution in [0.3, 0.4) is 0 Å². The molecule has 0 N–H and O–H groups in total. The number of halogens is 1. The van der Waals surface area contributed by atoms with E-state index in [1.165, 1.54) is 6.07 Å². The van der Waals surface area contributed by atoms with Gasteiger partial charge in [0.15, 0.2) is 5.65 Å². The van der Waals surface area contributed by atoms with E-state index in [2.05, 4.69) is 20.3 Å². The smallest absolute Gasteiger partial charge is 0.183 e. The van der Waals surface area contributed by atoms with Gasteiger partial charge in [0.25, 0.3) is 0 Å². The standard InChI is InChI=1S/C24H23FN6O2/c1-4-30-14-26-23-19(12-27-28-24(23)30)15-5-6-20(25)17(9-15)18-10-16-13-31(7-8-32-2)29-21(16)11-22(18)33-3/h5-6,9-14H,4,7-8H2,1-3H3. The Hall–Kier alpha value is -3.85. The van der Waals surface area contributed by atoms with Crippen molar-refractivity contribution in [1.29, 1.82) is 0 Å². The molecule has 33 heavy (non-hydrogen) atoms. The average Bonchev–Trinajstić information content (AvgIpc) is 3.45. The summed E-state index contributed by atoms with van der Waals surface area (Å²) in [5.41, 5.74) is 4.86. The van der Waals surface area contributed by atoms with E-state index in [4.69, 9.17) is 9.47 Å². The van der Waals surface area contributed by atoms with Gasteiger partial charge in [0.1, 0.15) is 17.1 Å². The second-order valence-electron chi connectivity index (χ2n) is 7.65. The van der Waals surface area contributed by atoms with Gasteiger partial charge in [-0.2, -0.15) is 10.2 Å². The number of benzene rings is 2. The van der Waals surface area contributed by atoms with Gasteiger partial charge < -0.3 is 14.0 Å². The van der Waals surface area contributed by atoms with Gasteiger partial charge in [0, 0.05) is 48.0 Å². The topological polar surface area (TPSA) is 79.9 Å². The summed E-state index contributed by atoms with van der Waals surface area (Å²) in [5.74, 6) is 0.198. The zero-order chi connectivity index (χ0) is 22.9. The Kier molecular flexibility index (Phi) is 5.47. The maximum absolute atomic E-state index is 15.1. The third-order valence-corrected chi connectivity index (χ3v) is 5.71. The Morgan fingerprint density at radius 3 is 2.73 bits per heavy atom. The van der Waals surface area contributed by atoms with Crippen LogP contribution in [0.1, 0.15) is 6.92 Å². The Balaban J connectivity index is 1.65. The first-order valence-electron chi connectivity index (χ1n) is 10.6. The molecule has 0 aliphatic heterocycles. The molecule has 0 atom stereocenters. The molecule has 3 heterocycles. The first-order chi connectivity index (χ1) is 16.1. The Morgan fingerprint density at radius 2 is 1.94 bits per heavy atom. The van der Waals surface area contributed by atoms with Crippen LogP contribution in [0.2, 0.25) is 0 Å². The molecule has 0 aliphatic carbocycles. The van der Waals surface area contributed by atoms with Crippen molar-refractivity contribution in [1.82, 2.24) is 29.5 Å². The molecule has 0 spiro atoms. The van der Waals surface area contributed by atoms with Crippen molar-refractivity contribution < 1.29 is 13.9 Å². The molecule has 2 aromatic carbocycles. The lowest BCUT2D eigenvalue weighted by molar-refractivity contribution is 0.184. The molecule has 8 nitrogen and oxygen atoms in total. The van der Waals surface area contributed by atoms with Crippen molar-refractivity contribution in [2.45, 2.75) is 20.0 Å². The Morgan fingerprint density at radius 1 is 1.06 bits per heavy atom. The van der Waals surface area contributed by atoms with E-state index in [0.29, 0.717) is 35.7 Å². The molecule has 0 radical (unpaired) electrons. The summed E-state index contributed by atoms with van der Waals surface area (Å²) in [6.45, 7) is 3.93. The van der Waals surface area contributed by atoms with Crippen molar-refractivity contribution in [3.8, 4) is 28.0 Å². The predicted molar refractivity (Wildman–Crippen MR) is 124 cm³/mol. The van der Waals surface area contributed by atoms with Crippen LogP contribution in [0.4, 0.5) is 4.39 Å². The number of nitrogens with zero attached hydrogens (tertiary/aromatic N) is 6. The molecule has 5 rings (SSSR count). The maximum Gasteiger partial charge on any atom is 0.183 e. The number of methoxy groups -OCH3 is 2. The van der Waals surface area contributed by atoms with E-state index in [9.17, 15) is 0 Å². The highest BCUT2D eigenvalue weighted by molar-refractivity contribution is 5.92. The fourth-order valence-corrected chi connectivity index (χ4v) is 4.00. The van der Waals surface area contributed by atoms with Gasteiger partial charge in [-0.25, -0.2) is 9.37 Å². The van der Waals surface area contributed by atoms with Gasteiger partial charge in [-0.05, 0) is 30.7 Å². The SMILES string of the molecule is CCn1cnc2c(-c3ccc(F)c(-c4cc5cn(CCOC)nc5cc4OC)c3)cnnc21. The molecular formula is C24H23FN6O2. The molecule has 0 fully saturated rings. The third kappa shape index (κ3) is 3.70. The molecule has 0 saturated heterocycles. The molecule has 0 aliphatic rings. The quantitative estimate of drug-likeness (QED) is 0.370. The summed E-state index contributed by atoms with van der Waals surface area (Å²) in [6.07, 6.45) is 5.32. The minimum absolute atomic E-state index is 0.347. The van der Waals surface area contributed by atoms with Gasteiger partial charge >= 0.3 is 0 Å². The summed E-state index contributed by atoms with van der Waals surface area (Å²) in [6, 6.07) is 8.72. The van der Waals surface area contributed by atoms with Crippen LogP contribution in [0.15, 0.2) is 49.1 Å². The second kappa shape index (κ2) is 8.59. The molecule has 0 saturated carbocycles. The number of hydrogen-bond acceptors (Lipinski definition) is 6. The molecule has 0 amide bonds. The van der Waals surface area contributed by atoms with Crippen molar-refractivity contribution in [3.63, 3.8) is 0 Å². The van der Waals surface area contributed by atoms with Crippen molar-refractivity contribution in [3.05, 3.63) is 54.9 Å². The number of aromatic nitrogens is 6. The van der Waals surface area contributed by atoms with Gasteiger partial charge in [0.05, 0.1) is 38.3 Å². The van der Waals surface area contributed by atoms with Gasteiger partial charge in [-0.15, -0.1) is 5.10 Å². The average molecular weight is 446 g/mol. The second-order valence-corrected chi connectivity index (χ2v) is 7.65. The van der Waals surface area contributed by atoms with Crippen LogP contribution in [0.25, 0.3) is 44.3 Å². The fraction of sp³-hybridized carbons (Fsp3) is 0.250. The minimum atomic E-state index is -0.347. The van der Waals surface area contributed by atoms with Gasteiger partial charge in [0.2, 0.25) is 0 Å². The lowest BCUT2D eigenvalue weighted by atomic mass is 9.97. The van der Waals surface area contributed by atoms with E-state index < -0.39 is 0 Å². The van der Waals surface area contributed by atoms with E-state index >= 15 is 4.39 Å². The minimum Gasteiger partial charge on any atom is -0.496 e. The predicted octanol–water partition coefficient (Wildman–Crippen LogP) is 4.32. The number of hydrogen-bond donors (Lipinski definition) is 0. The number of fused-ring (bicyclic) bond motifs is 2. The van der Waals surface area contributed by atoms with Crippen LogP contribution in [0.5, 0.6) is 5.75 Å². The number of ether oxygens (including phenoxy) is 2. The lowest BCUT2D eigenvalue weighted by Crippen LogP contribution is -2.03. The molecular weight excluding hydrogens is 423 g/mol. The largest absolute Gasteiger partial charge is 0.496 e. The van der Waals surface area contributed by atoms with E-state index in [1.807, 2.05) is 34.5 Å². The van der Waals surface area contributed by atoms with Gasteiger partial charge in [-0.3, -0.25) is 4.68 Å².